The van der Waals surface area contributed by atoms with Crippen LogP contribution in [0.4, 0.5) is 4.39 Å². The number of hydrogen-bond acceptors (Lipinski definition) is 4. The number of aliphatic carboxylic acids is 1. The lowest BCUT2D eigenvalue weighted by Crippen LogP contribution is -2.22. The van der Waals surface area contributed by atoms with Crippen LogP contribution in [0.2, 0.25) is 0 Å². The molecule has 0 amide bonds. The lowest BCUT2D eigenvalue weighted by atomic mass is 10.1. The Morgan fingerprint density at radius 3 is 2.48 bits per heavy atom. The lowest BCUT2D eigenvalue weighted by molar-refractivity contribution is -0.305. The number of carbonyl (C=O) groups is 2. The molecule has 0 spiro atoms. The number of carbonyl (C=O) groups excluding carboxylic acids is 2. The van der Waals surface area contributed by atoms with Crippen LogP contribution < -0.4 is 5.11 Å². The van der Waals surface area contributed by atoms with Crippen LogP contribution in [0.25, 0.3) is 16.9 Å². The van der Waals surface area contributed by atoms with E-state index in [1.54, 1.807) is 30.3 Å². The summed E-state index contributed by atoms with van der Waals surface area (Å²) in [6.45, 7) is 0. The third-order valence-electron chi connectivity index (χ3n) is 4.21. The second-order valence-corrected chi connectivity index (χ2v) is 5.97. The number of benzene rings is 2. The van der Waals surface area contributed by atoms with Gasteiger partial charge < -0.3 is 19.2 Å². The maximum Gasteiger partial charge on any atom is 0.337 e. The number of rotatable bonds is 6. The maximum absolute atomic E-state index is 13.3. The Kier molecular flexibility index (Phi) is 5.35. The van der Waals surface area contributed by atoms with Gasteiger partial charge in [0.25, 0.3) is 0 Å². The van der Waals surface area contributed by atoms with E-state index in [1.165, 1.54) is 19.2 Å². The first-order chi connectivity index (χ1) is 13.0. The van der Waals surface area contributed by atoms with Crippen LogP contribution in [0.15, 0.2) is 60.7 Å². The summed E-state index contributed by atoms with van der Waals surface area (Å²) < 4.78 is 19.9. The van der Waals surface area contributed by atoms with E-state index in [0.717, 1.165) is 17.0 Å². The number of carboxylic acid groups (broad SMARTS) is 1. The Morgan fingerprint density at radius 2 is 1.81 bits per heavy atom. The molecule has 5 nitrogen and oxygen atoms in total. The number of carboxylic acids is 1. The molecule has 0 saturated carbocycles. The minimum atomic E-state index is -1.14. The number of methoxy groups -OCH3 is 1. The Balaban J connectivity index is 2.13. The fourth-order valence-electron chi connectivity index (χ4n) is 2.94. The minimum Gasteiger partial charge on any atom is -0.550 e. The standard InChI is InChI=1S/C21H18FNO4/c1-27-21(26)15-3-2-4-18(13-15)23-17(10-12-20(24)25)9-11-19(23)14-5-7-16(22)8-6-14/h2-9,11,13H,10,12H2,1H3,(H,24,25)/p-1. The number of ether oxygens (including phenoxy) is 1. The molecule has 1 aromatic heterocycles. The smallest absolute Gasteiger partial charge is 0.337 e. The third-order valence-corrected chi connectivity index (χ3v) is 4.21. The Hall–Kier alpha value is -3.41. The van der Waals surface area contributed by atoms with Crippen molar-refractivity contribution in [2.75, 3.05) is 7.11 Å². The summed E-state index contributed by atoms with van der Waals surface area (Å²) in [7, 11) is 1.31. The van der Waals surface area contributed by atoms with Gasteiger partial charge in [-0.2, -0.15) is 0 Å². The molecular formula is C21H17FNO4-. The average molecular weight is 366 g/mol. The van der Waals surface area contributed by atoms with Gasteiger partial charge in [0, 0.05) is 17.4 Å². The van der Waals surface area contributed by atoms with Gasteiger partial charge in [-0.05, 0) is 73.0 Å². The van der Waals surface area contributed by atoms with Crippen LogP contribution in [-0.4, -0.2) is 23.6 Å². The zero-order valence-electron chi connectivity index (χ0n) is 14.6. The fraction of sp³-hybridized carbons (Fsp3) is 0.143. The van der Waals surface area contributed by atoms with Crippen LogP contribution in [0.5, 0.6) is 0 Å². The van der Waals surface area contributed by atoms with E-state index >= 15 is 0 Å². The van der Waals surface area contributed by atoms with Crippen molar-refractivity contribution < 1.29 is 23.8 Å². The van der Waals surface area contributed by atoms with Gasteiger partial charge in [-0.15, -0.1) is 0 Å². The molecule has 0 radical (unpaired) electrons. The van der Waals surface area contributed by atoms with Crippen molar-refractivity contribution in [3.05, 3.63) is 77.7 Å². The highest BCUT2D eigenvalue weighted by Crippen LogP contribution is 2.28. The van der Waals surface area contributed by atoms with Crippen molar-refractivity contribution >= 4 is 11.9 Å². The van der Waals surface area contributed by atoms with Crippen molar-refractivity contribution in [3.8, 4) is 16.9 Å². The number of aromatic nitrogens is 1. The van der Waals surface area contributed by atoms with Crippen molar-refractivity contribution in [1.29, 1.82) is 0 Å². The maximum atomic E-state index is 13.3. The van der Waals surface area contributed by atoms with E-state index < -0.39 is 11.9 Å². The first kappa shape index (κ1) is 18.4. The Morgan fingerprint density at radius 1 is 1.07 bits per heavy atom. The van der Waals surface area contributed by atoms with Gasteiger partial charge in [-0.25, -0.2) is 9.18 Å². The topological polar surface area (TPSA) is 71.4 Å². The first-order valence-electron chi connectivity index (χ1n) is 8.35. The van der Waals surface area contributed by atoms with Crippen molar-refractivity contribution in [1.82, 2.24) is 4.57 Å². The predicted octanol–water partition coefficient (Wildman–Crippen LogP) is 2.75. The molecule has 2 aromatic carbocycles. The molecule has 3 aromatic rings. The average Bonchev–Trinajstić information content (AvgIpc) is 3.10. The highest BCUT2D eigenvalue weighted by atomic mass is 19.1. The third kappa shape index (κ3) is 4.06. The Labute approximate surface area is 155 Å². The molecule has 0 bridgehead atoms. The summed E-state index contributed by atoms with van der Waals surface area (Å²) in [5.41, 5.74) is 3.31. The molecule has 0 unspecified atom stereocenters. The quantitative estimate of drug-likeness (QED) is 0.629. The lowest BCUT2D eigenvalue weighted by Gasteiger charge is -2.15. The molecule has 0 aliphatic rings. The SMILES string of the molecule is COC(=O)c1cccc(-n2c(CCC(=O)[O-])ccc2-c2ccc(F)cc2)c1. The molecule has 6 heteroatoms. The molecular weight excluding hydrogens is 349 g/mol. The monoisotopic (exact) mass is 366 g/mol. The molecule has 0 saturated heterocycles. The largest absolute Gasteiger partial charge is 0.550 e. The number of esters is 1. The molecule has 0 atom stereocenters. The van der Waals surface area contributed by atoms with Crippen molar-refractivity contribution in [3.63, 3.8) is 0 Å². The van der Waals surface area contributed by atoms with Crippen LogP contribution in [-0.2, 0) is 16.0 Å². The van der Waals surface area contributed by atoms with E-state index in [-0.39, 0.29) is 18.7 Å². The molecule has 138 valence electrons. The molecule has 1 heterocycles. The summed E-state index contributed by atoms with van der Waals surface area (Å²) in [5.74, 6) is -1.96. The summed E-state index contributed by atoms with van der Waals surface area (Å²) >= 11 is 0. The van der Waals surface area contributed by atoms with Gasteiger partial charge in [0.2, 0.25) is 0 Å². The van der Waals surface area contributed by atoms with Gasteiger partial charge in [0.05, 0.1) is 18.4 Å². The van der Waals surface area contributed by atoms with Crippen LogP contribution in [0, 0.1) is 5.82 Å². The van der Waals surface area contributed by atoms with Gasteiger partial charge >= 0.3 is 5.97 Å². The van der Waals surface area contributed by atoms with Crippen LogP contribution in [0.3, 0.4) is 0 Å². The van der Waals surface area contributed by atoms with Gasteiger partial charge in [-0.1, -0.05) is 6.07 Å². The molecule has 0 fully saturated rings. The van der Waals surface area contributed by atoms with Gasteiger partial charge in [0.15, 0.2) is 0 Å². The minimum absolute atomic E-state index is 0.135. The van der Waals surface area contributed by atoms with Gasteiger partial charge in [-0.3, -0.25) is 0 Å². The zero-order valence-corrected chi connectivity index (χ0v) is 14.6. The summed E-state index contributed by atoms with van der Waals surface area (Å²) in [6, 6.07) is 16.5. The Bertz CT molecular complexity index is 976. The predicted molar refractivity (Wildman–Crippen MR) is 95.8 cm³/mol. The summed E-state index contributed by atoms with van der Waals surface area (Å²) in [4.78, 5) is 22.8. The van der Waals surface area contributed by atoms with E-state index in [4.69, 9.17) is 4.74 Å². The summed E-state index contributed by atoms with van der Waals surface area (Å²) in [6.07, 6.45) is 0.121. The van der Waals surface area contributed by atoms with Crippen LogP contribution in [0.1, 0.15) is 22.5 Å². The number of aryl methyl sites for hydroxylation is 1. The van der Waals surface area contributed by atoms with E-state index in [0.29, 0.717) is 11.3 Å². The van der Waals surface area contributed by atoms with Crippen molar-refractivity contribution in [2.24, 2.45) is 0 Å². The number of hydrogen-bond donors (Lipinski definition) is 0. The van der Waals surface area contributed by atoms with Crippen LogP contribution >= 0.6 is 0 Å². The zero-order chi connectivity index (χ0) is 19.4. The normalized spacial score (nSPS) is 10.6. The second kappa shape index (κ2) is 7.86. The van der Waals surface area contributed by atoms with E-state index in [2.05, 4.69) is 0 Å². The fourth-order valence-corrected chi connectivity index (χ4v) is 2.94. The number of nitrogens with zero attached hydrogens (tertiary/aromatic N) is 1. The van der Waals surface area contributed by atoms with Gasteiger partial charge in [0.1, 0.15) is 5.82 Å². The molecule has 0 aliphatic heterocycles. The molecule has 0 aliphatic carbocycles. The second-order valence-electron chi connectivity index (χ2n) is 5.97. The molecule has 3 rings (SSSR count). The molecule has 27 heavy (non-hydrogen) atoms. The first-order valence-corrected chi connectivity index (χ1v) is 8.35. The molecule has 0 N–H and O–H groups in total. The van der Waals surface area contributed by atoms with Crippen molar-refractivity contribution in [2.45, 2.75) is 12.8 Å². The summed E-state index contributed by atoms with van der Waals surface area (Å²) in [5, 5.41) is 10.9. The van der Waals surface area contributed by atoms with E-state index in [9.17, 15) is 19.1 Å². The number of halogens is 1. The van der Waals surface area contributed by atoms with E-state index in [1.807, 2.05) is 22.8 Å². The highest BCUT2D eigenvalue weighted by molar-refractivity contribution is 5.90. The highest BCUT2D eigenvalue weighted by Gasteiger charge is 2.14.